The van der Waals surface area contributed by atoms with Crippen molar-refractivity contribution in [3.8, 4) is 0 Å². The summed E-state index contributed by atoms with van der Waals surface area (Å²) in [6, 6.07) is 0. The lowest BCUT2D eigenvalue weighted by Gasteiger charge is -2.06. The summed E-state index contributed by atoms with van der Waals surface area (Å²) in [4.78, 5) is 15.6. The van der Waals surface area contributed by atoms with E-state index in [1.165, 1.54) is 25.2 Å². The minimum absolute atomic E-state index is 0.0170. The molecule has 0 aromatic carbocycles. The molecule has 0 radical (unpaired) electrons. The fourth-order valence-corrected chi connectivity index (χ4v) is 4.24. The van der Waals surface area contributed by atoms with Gasteiger partial charge in [0.25, 0.3) is 10.0 Å². The van der Waals surface area contributed by atoms with Crippen molar-refractivity contribution in [2.45, 2.75) is 32.2 Å². The summed E-state index contributed by atoms with van der Waals surface area (Å²) >= 11 is 1.22. The molecule has 0 saturated heterocycles. The number of sulfonamides is 1. The van der Waals surface area contributed by atoms with Gasteiger partial charge in [-0.15, -0.1) is 11.3 Å². The van der Waals surface area contributed by atoms with Crippen LogP contribution in [0.15, 0.2) is 11.1 Å². The molecule has 2 heterocycles. The van der Waals surface area contributed by atoms with E-state index in [4.69, 9.17) is 5.11 Å². The first-order chi connectivity index (χ1) is 9.70. The third-order valence-corrected chi connectivity index (χ3v) is 5.26. The molecule has 2 aromatic rings. The highest BCUT2D eigenvalue weighted by molar-refractivity contribution is 7.93. The second-order valence-corrected chi connectivity index (χ2v) is 7.29. The maximum atomic E-state index is 12.4. The number of hydrogen-bond acceptors (Lipinski definition) is 6. The highest BCUT2D eigenvalue weighted by atomic mass is 32.2. The van der Waals surface area contributed by atoms with E-state index in [0.717, 1.165) is 9.56 Å². The van der Waals surface area contributed by atoms with Crippen LogP contribution in [-0.2, 0) is 21.4 Å². The van der Waals surface area contributed by atoms with E-state index >= 15 is 0 Å². The van der Waals surface area contributed by atoms with Gasteiger partial charge in [-0.3, -0.25) is 14.2 Å². The predicted molar refractivity (Wildman–Crippen MR) is 77.0 cm³/mol. The van der Waals surface area contributed by atoms with Crippen molar-refractivity contribution in [2.24, 2.45) is 0 Å². The van der Waals surface area contributed by atoms with Crippen molar-refractivity contribution >= 4 is 32.5 Å². The second-order valence-electron chi connectivity index (χ2n) is 4.43. The van der Waals surface area contributed by atoms with Crippen LogP contribution < -0.4 is 4.72 Å². The zero-order valence-corrected chi connectivity index (χ0v) is 13.2. The molecule has 2 N–H and O–H groups in total. The van der Waals surface area contributed by atoms with E-state index in [0.29, 0.717) is 0 Å². The van der Waals surface area contributed by atoms with Crippen molar-refractivity contribution < 1.29 is 18.3 Å². The lowest BCUT2D eigenvalue weighted by Crippen LogP contribution is -2.16. The SMILES string of the molecule is Cc1cnc(NS(=O)(=O)c2c(C)nn(CC(=O)O)c2C)s1. The molecule has 0 bridgehead atoms. The molecule has 10 heteroatoms. The lowest BCUT2D eigenvalue weighted by atomic mass is 10.4. The molecule has 114 valence electrons. The molecule has 0 aliphatic carbocycles. The number of anilines is 1. The molecular formula is C11H14N4O4S2. The van der Waals surface area contributed by atoms with Gasteiger partial charge in [0.1, 0.15) is 11.4 Å². The van der Waals surface area contributed by atoms with Crippen LogP contribution in [0.25, 0.3) is 0 Å². The van der Waals surface area contributed by atoms with E-state index in [2.05, 4.69) is 14.8 Å². The molecule has 0 aliphatic rings. The van der Waals surface area contributed by atoms with E-state index in [-0.39, 0.29) is 21.4 Å². The monoisotopic (exact) mass is 330 g/mol. The molecule has 0 amide bonds. The normalized spacial score (nSPS) is 11.6. The summed E-state index contributed by atoms with van der Waals surface area (Å²) in [5, 5.41) is 13.0. The third kappa shape index (κ3) is 3.22. The summed E-state index contributed by atoms with van der Waals surface area (Å²) in [5.74, 6) is -1.09. The number of aryl methyl sites for hydroxylation is 2. The molecule has 0 spiro atoms. The highest BCUT2D eigenvalue weighted by Crippen LogP contribution is 2.24. The summed E-state index contributed by atoms with van der Waals surface area (Å²) in [5.41, 5.74) is 0.519. The number of thiazole rings is 1. The first-order valence-corrected chi connectivity index (χ1v) is 8.21. The Morgan fingerprint density at radius 2 is 2.10 bits per heavy atom. The first kappa shape index (κ1) is 15.4. The van der Waals surface area contributed by atoms with Crippen molar-refractivity contribution in [1.82, 2.24) is 14.8 Å². The average molecular weight is 330 g/mol. The number of hydrogen-bond donors (Lipinski definition) is 2. The Morgan fingerprint density at radius 3 is 2.62 bits per heavy atom. The zero-order chi connectivity index (χ0) is 15.8. The van der Waals surface area contributed by atoms with Crippen molar-refractivity contribution in [2.75, 3.05) is 4.72 Å². The van der Waals surface area contributed by atoms with Gasteiger partial charge in [-0.05, 0) is 20.8 Å². The first-order valence-electron chi connectivity index (χ1n) is 5.92. The number of aliphatic carboxylic acids is 1. The van der Waals surface area contributed by atoms with Crippen LogP contribution in [0.3, 0.4) is 0 Å². The molecular weight excluding hydrogens is 316 g/mol. The molecule has 8 nitrogen and oxygen atoms in total. The van der Waals surface area contributed by atoms with Crippen LogP contribution in [0.1, 0.15) is 16.3 Å². The van der Waals surface area contributed by atoms with Crippen LogP contribution in [-0.4, -0.2) is 34.3 Å². The van der Waals surface area contributed by atoms with Gasteiger partial charge < -0.3 is 5.11 Å². The maximum Gasteiger partial charge on any atom is 0.325 e. The molecule has 0 saturated carbocycles. The molecule has 0 unspecified atom stereocenters. The number of nitrogens with zero attached hydrogens (tertiary/aromatic N) is 3. The summed E-state index contributed by atoms with van der Waals surface area (Å²) in [7, 11) is -3.85. The lowest BCUT2D eigenvalue weighted by molar-refractivity contribution is -0.137. The second kappa shape index (κ2) is 5.45. The van der Waals surface area contributed by atoms with Gasteiger partial charge in [-0.25, -0.2) is 13.4 Å². The fraction of sp³-hybridized carbons (Fsp3) is 0.364. The van der Waals surface area contributed by atoms with Gasteiger partial charge in [0.2, 0.25) is 0 Å². The van der Waals surface area contributed by atoms with Crippen LogP contribution in [0.2, 0.25) is 0 Å². The van der Waals surface area contributed by atoms with Gasteiger partial charge in [0, 0.05) is 11.1 Å². The Bertz CT molecular complexity index is 791. The van der Waals surface area contributed by atoms with Gasteiger partial charge in [0.05, 0.1) is 11.4 Å². The summed E-state index contributed by atoms with van der Waals surface area (Å²) in [6.45, 7) is 4.47. The third-order valence-electron chi connectivity index (χ3n) is 2.71. The quantitative estimate of drug-likeness (QED) is 0.850. The molecule has 0 atom stereocenters. The Labute approximate surface area is 125 Å². The predicted octanol–water partition coefficient (Wildman–Crippen LogP) is 1.15. The maximum absolute atomic E-state index is 12.4. The molecule has 2 rings (SSSR count). The fourth-order valence-electron chi connectivity index (χ4n) is 1.92. The van der Waals surface area contributed by atoms with Crippen LogP contribution in [0, 0.1) is 20.8 Å². The van der Waals surface area contributed by atoms with Gasteiger partial charge in [-0.2, -0.15) is 5.10 Å². The Morgan fingerprint density at radius 1 is 1.43 bits per heavy atom. The van der Waals surface area contributed by atoms with Crippen LogP contribution in [0.5, 0.6) is 0 Å². The van der Waals surface area contributed by atoms with E-state index in [9.17, 15) is 13.2 Å². The largest absolute Gasteiger partial charge is 0.480 e. The number of carbonyl (C=O) groups is 1. The number of carboxylic acid groups (broad SMARTS) is 1. The van der Waals surface area contributed by atoms with Gasteiger partial charge in [-0.1, -0.05) is 0 Å². The molecule has 21 heavy (non-hydrogen) atoms. The zero-order valence-electron chi connectivity index (χ0n) is 11.6. The summed E-state index contributed by atoms with van der Waals surface area (Å²) in [6.07, 6.45) is 1.57. The molecule has 2 aromatic heterocycles. The minimum atomic E-state index is -3.85. The van der Waals surface area contributed by atoms with Gasteiger partial charge in [0.15, 0.2) is 5.13 Å². The molecule has 0 aliphatic heterocycles. The highest BCUT2D eigenvalue weighted by Gasteiger charge is 2.26. The number of aromatic nitrogens is 3. The van der Waals surface area contributed by atoms with Crippen molar-refractivity contribution in [3.05, 3.63) is 22.5 Å². The summed E-state index contributed by atoms with van der Waals surface area (Å²) < 4.78 is 28.3. The van der Waals surface area contributed by atoms with E-state index in [1.54, 1.807) is 6.20 Å². The van der Waals surface area contributed by atoms with E-state index < -0.39 is 22.5 Å². The number of nitrogens with one attached hydrogen (secondary N) is 1. The average Bonchev–Trinajstić information content (AvgIpc) is 2.82. The Hall–Kier alpha value is -1.94. The van der Waals surface area contributed by atoms with Crippen LogP contribution >= 0.6 is 11.3 Å². The van der Waals surface area contributed by atoms with E-state index in [1.807, 2.05) is 6.92 Å². The topological polar surface area (TPSA) is 114 Å². The smallest absolute Gasteiger partial charge is 0.325 e. The number of rotatable bonds is 5. The minimum Gasteiger partial charge on any atom is -0.480 e. The standard InChI is InChI=1S/C11H14N4O4S2/c1-6-4-12-11(20-6)14-21(18,19)10-7(2)13-15(8(10)3)5-9(16)17/h4H,5H2,1-3H3,(H,12,14)(H,16,17). The Kier molecular flexibility index (Phi) is 4.01. The Balaban J connectivity index is 2.40. The number of carboxylic acids is 1. The van der Waals surface area contributed by atoms with Crippen LogP contribution in [0.4, 0.5) is 5.13 Å². The molecule has 0 fully saturated rings. The van der Waals surface area contributed by atoms with Crippen molar-refractivity contribution in [1.29, 1.82) is 0 Å². The van der Waals surface area contributed by atoms with Gasteiger partial charge >= 0.3 is 5.97 Å². The van der Waals surface area contributed by atoms with Crippen molar-refractivity contribution in [3.63, 3.8) is 0 Å².